The van der Waals surface area contributed by atoms with Gasteiger partial charge in [-0.1, -0.05) is 30.3 Å². The third kappa shape index (κ3) is 2.43. The van der Waals surface area contributed by atoms with Crippen molar-refractivity contribution in [2.45, 2.75) is 30.7 Å². The molecule has 23 heavy (non-hydrogen) atoms. The lowest BCUT2D eigenvalue weighted by atomic mass is 9.73. The van der Waals surface area contributed by atoms with E-state index in [9.17, 15) is 9.59 Å². The molecule has 0 aliphatic carbocycles. The van der Waals surface area contributed by atoms with Crippen LogP contribution in [0.4, 0.5) is 0 Å². The first-order valence-corrected chi connectivity index (χ1v) is 8.11. The van der Waals surface area contributed by atoms with Crippen LogP contribution in [-0.4, -0.2) is 49.7 Å². The van der Waals surface area contributed by atoms with E-state index in [1.54, 1.807) is 0 Å². The van der Waals surface area contributed by atoms with Crippen LogP contribution in [0.3, 0.4) is 0 Å². The van der Waals surface area contributed by atoms with Gasteiger partial charge in [0.25, 0.3) is 0 Å². The van der Waals surface area contributed by atoms with Crippen LogP contribution in [-0.2, 0) is 19.1 Å². The molecular weight excluding hydrogens is 294 g/mol. The fourth-order valence-corrected chi connectivity index (χ4v) is 4.36. The predicted molar refractivity (Wildman–Crippen MR) is 84.9 cm³/mol. The molecule has 2 fully saturated rings. The molecule has 1 aromatic rings. The maximum absolute atomic E-state index is 12.7. The van der Waals surface area contributed by atoms with Gasteiger partial charge in [0.1, 0.15) is 5.54 Å². The van der Waals surface area contributed by atoms with E-state index in [4.69, 9.17) is 9.47 Å². The summed E-state index contributed by atoms with van der Waals surface area (Å²) >= 11 is 0. The molecule has 3 rings (SSSR count). The fourth-order valence-electron chi connectivity index (χ4n) is 4.36. The summed E-state index contributed by atoms with van der Waals surface area (Å²) in [6.07, 6.45) is 2.59. The highest BCUT2D eigenvalue weighted by atomic mass is 16.5. The Morgan fingerprint density at radius 2 is 1.87 bits per heavy atom. The summed E-state index contributed by atoms with van der Waals surface area (Å²) in [5, 5.41) is 0. The first-order chi connectivity index (χ1) is 11.1. The lowest BCUT2D eigenvalue weighted by molar-refractivity contribution is -0.167. The maximum Gasteiger partial charge on any atom is 0.327 e. The minimum Gasteiger partial charge on any atom is -0.469 e. The molecule has 3 atom stereocenters. The molecule has 2 saturated heterocycles. The monoisotopic (exact) mass is 317 g/mol. The number of benzene rings is 1. The Morgan fingerprint density at radius 1 is 1.13 bits per heavy atom. The smallest absolute Gasteiger partial charge is 0.327 e. The van der Waals surface area contributed by atoms with Gasteiger partial charge in [0.2, 0.25) is 0 Å². The molecule has 0 aromatic heterocycles. The van der Waals surface area contributed by atoms with Crippen molar-refractivity contribution in [1.29, 1.82) is 0 Å². The molecule has 0 amide bonds. The number of rotatable bonds is 3. The zero-order valence-corrected chi connectivity index (χ0v) is 13.7. The van der Waals surface area contributed by atoms with Gasteiger partial charge in [-0.25, -0.2) is 0 Å². The zero-order chi connectivity index (χ0) is 16.4. The number of hydrogen-bond acceptors (Lipinski definition) is 5. The lowest BCUT2D eigenvalue weighted by Gasteiger charge is -2.42. The van der Waals surface area contributed by atoms with Crippen molar-refractivity contribution in [2.75, 3.05) is 27.3 Å². The molecule has 2 aliphatic rings. The minimum atomic E-state index is -0.888. The van der Waals surface area contributed by atoms with Crippen molar-refractivity contribution in [3.8, 4) is 0 Å². The number of carbonyl (C=O) groups excluding carboxylic acids is 2. The molecule has 1 aromatic carbocycles. The number of methoxy groups -OCH3 is 2. The van der Waals surface area contributed by atoms with Crippen LogP contribution >= 0.6 is 0 Å². The van der Waals surface area contributed by atoms with E-state index in [1.165, 1.54) is 14.2 Å². The highest BCUT2D eigenvalue weighted by molar-refractivity contribution is 5.90. The van der Waals surface area contributed by atoms with Gasteiger partial charge < -0.3 is 9.47 Å². The van der Waals surface area contributed by atoms with Gasteiger partial charge >= 0.3 is 11.9 Å². The minimum absolute atomic E-state index is 0.0548. The van der Waals surface area contributed by atoms with Gasteiger partial charge in [-0.2, -0.15) is 0 Å². The van der Waals surface area contributed by atoms with Crippen LogP contribution in [0, 0.1) is 5.92 Å². The molecule has 2 aliphatic heterocycles. The Labute approximate surface area is 136 Å². The van der Waals surface area contributed by atoms with Crippen molar-refractivity contribution in [3.05, 3.63) is 35.9 Å². The summed E-state index contributed by atoms with van der Waals surface area (Å²) in [5.41, 5.74) is 0.182. The second-order valence-corrected chi connectivity index (χ2v) is 6.34. The van der Waals surface area contributed by atoms with Crippen molar-refractivity contribution in [2.24, 2.45) is 5.92 Å². The molecule has 124 valence electrons. The SMILES string of the molecule is COC(=O)[C@@H]1[C@@H](c2ccccc2)CN2CCCC[C@]12C(=O)OC. The fraction of sp³-hybridized carbons (Fsp3) is 0.556. The standard InChI is InChI=1S/C18H23NO4/c1-22-16(20)15-14(13-8-4-3-5-9-13)12-19-11-7-6-10-18(15,19)17(21)23-2/h3-5,8-9,14-15H,6-7,10-12H2,1-2H3/t14-,15+,18-/m1/s1. The Bertz CT molecular complexity index is 588. The molecule has 0 N–H and O–H groups in total. The van der Waals surface area contributed by atoms with Crippen LogP contribution in [0.1, 0.15) is 30.7 Å². The number of nitrogens with zero attached hydrogens (tertiary/aromatic N) is 1. The normalized spacial score (nSPS) is 30.5. The van der Waals surface area contributed by atoms with Gasteiger partial charge in [0.05, 0.1) is 20.1 Å². The van der Waals surface area contributed by atoms with Crippen molar-refractivity contribution >= 4 is 11.9 Å². The second-order valence-electron chi connectivity index (χ2n) is 6.34. The Balaban J connectivity index is 2.09. The van der Waals surface area contributed by atoms with Crippen LogP contribution in [0.5, 0.6) is 0 Å². The van der Waals surface area contributed by atoms with Gasteiger partial charge in [0, 0.05) is 12.5 Å². The highest BCUT2D eigenvalue weighted by Crippen LogP contribution is 2.50. The van der Waals surface area contributed by atoms with Gasteiger partial charge in [-0.3, -0.25) is 14.5 Å². The van der Waals surface area contributed by atoms with E-state index in [0.717, 1.165) is 24.9 Å². The molecule has 5 nitrogen and oxygen atoms in total. The summed E-state index contributed by atoms with van der Waals surface area (Å²) in [6, 6.07) is 9.92. The Kier molecular flexibility index (Phi) is 4.39. The third-order valence-electron chi connectivity index (χ3n) is 5.36. The topological polar surface area (TPSA) is 55.8 Å². The number of ether oxygens (including phenoxy) is 2. The average molecular weight is 317 g/mol. The molecular formula is C18H23NO4. The second kappa shape index (κ2) is 6.32. The number of piperidine rings is 1. The highest BCUT2D eigenvalue weighted by Gasteiger charge is 2.63. The molecule has 0 bridgehead atoms. The third-order valence-corrected chi connectivity index (χ3v) is 5.36. The number of hydrogen-bond donors (Lipinski definition) is 0. The number of carbonyl (C=O) groups is 2. The molecule has 5 heteroatoms. The van der Waals surface area contributed by atoms with E-state index in [-0.39, 0.29) is 17.9 Å². The van der Waals surface area contributed by atoms with Gasteiger partial charge in [-0.05, 0) is 31.4 Å². The molecule has 0 unspecified atom stereocenters. The van der Waals surface area contributed by atoms with E-state index in [1.807, 2.05) is 30.3 Å². The average Bonchev–Trinajstić information content (AvgIpc) is 2.97. The van der Waals surface area contributed by atoms with Crippen LogP contribution < -0.4 is 0 Å². The zero-order valence-electron chi connectivity index (χ0n) is 13.7. The first-order valence-electron chi connectivity index (χ1n) is 8.11. The first kappa shape index (κ1) is 16.0. The molecule has 0 radical (unpaired) electrons. The molecule has 2 heterocycles. The number of fused-ring (bicyclic) bond motifs is 1. The summed E-state index contributed by atoms with van der Waals surface area (Å²) in [5.74, 6) is -1.22. The van der Waals surface area contributed by atoms with E-state index < -0.39 is 11.5 Å². The van der Waals surface area contributed by atoms with Crippen LogP contribution in [0.15, 0.2) is 30.3 Å². The van der Waals surface area contributed by atoms with E-state index in [2.05, 4.69) is 4.90 Å². The van der Waals surface area contributed by atoms with Crippen LogP contribution in [0.2, 0.25) is 0 Å². The van der Waals surface area contributed by atoms with Gasteiger partial charge in [0.15, 0.2) is 0 Å². The predicted octanol–water partition coefficient (Wildman–Crippen LogP) is 1.97. The Morgan fingerprint density at radius 3 is 2.52 bits per heavy atom. The van der Waals surface area contributed by atoms with Gasteiger partial charge in [-0.15, -0.1) is 0 Å². The lowest BCUT2D eigenvalue weighted by Crippen LogP contribution is -2.59. The molecule has 0 spiro atoms. The van der Waals surface area contributed by atoms with E-state index in [0.29, 0.717) is 13.0 Å². The van der Waals surface area contributed by atoms with E-state index >= 15 is 0 Å². The largest absolute Gasteiger partial charge is 0.469 e. The Hall–Kier alpha value is -1.88. The molecule has 0 saturated carbocycles. The van der Waals surface area contributed by atoms with Crippen molar-refractivity contribution in [1.82, 2.24) is 4.90 Å². The summed E-state index contributed by atoms with van der Waals surface area (Å²) in [6.45, 7) is 1.49. The maximum atomic E-state index is 12.7. The summed E-state index contributed by atoms with van der Waals surface area (Å²) in [4.78, 5) is 27.5. The van der Waals surface area contributed by atoms with Crippen molar-refractivity contribution in [3.63, 3.8) is 0 Å². The summed E-state index contributed by atoms with van der Waals surface area (Å²) in [7, 11) is 2.79. The quantitative estimate of drug-likeness (QED) is 0.798. The summed E-state index contributed by atoms with van der Waals surface area (Å²) < 4.78 is 10.2. The number of esters is 2. The van der Waals surface area contributed by atoms with Crippen molar-refractivity contribution < 1.29 is 19.1 Å². The van der Waals surface area contributed by atoms with Crippen LogP contribution in [0.25, 0.3) is 0 Å².